The molecule has 1 amide bonds. The summed E-state index contributed by atoms with van der Waals surface area (Å²) in [6, 6.07) is 1.61. The molecule has 0 fully saturated rings. The molecule has 0 atom stereocenters. The Bertz CT molecular complexity index is 306. The molecule has 0 spiro atoms. The Balaban J connectivity index is 2.88. The van der Waals surface area contributed by atoms with Crippen LogP contribution in [0.4, 0.5) is 0 Å². The van der Waals surface area contributed by atoms with E-state index in [1.54, 1.807) is 20.1 Å². The maximum atomic E-state index is 11.0. The van der Waals surface area contributed by atoms with E-state index in [1.807, 2.05) is 5.43 Å². The Kier molecular flexibility index (Phi) is 3.05. The van der Waals surface area contributed by atoms with Crippen molar-refractivity contribution in [3.63, 3.8) is 0 Å². The van der Waals surface area contributed by atoms with Crippen molar-refractivity contribution in [1.82, 2.24) is 5.43 Å². The van der Waals surface area contributed by atoms with Gasteiger partial charge in [-0.1, -0.05) is 0 Å². The minimum absolute atomic E-state index is 0.201. The van der Waals surface area contributed by atoms with Gasteiger partial charge in [0.05, 0.1) is 6.61 Å². The zero-order valence-electron chi connectivity index (χ0n) is 7.59. The molecule has 5 heteroatoms. The molecular weight excluding hydrogens is 172 g/mol. The summed E-state index contributed by atoms with van der Waals surface area (Å²) in [5, 5.41) is 0. The molecule has 0 unspecified atom stereocenters. The highest BCUT2D eigenvalue weighted by atomic mass is 16.5. The summed E-state index contributed by atoms with van der Waals surface area (Å²) in [6.07, 6.45) is 0. The first-order chi connectivity index (χ1) is 6.19. The molecule has 0 radical (unpaired) electrons. The van der Waals surface area contributed by atoms with Crippen LogP contribution in [0, 0.1) is 6.92 Å². The second-order valence-corrected chi connectivity index (χ2v) is 2.60. The van der Waals surface area contributed by atoms with Gasteiger partial charge in [-0.2, -0.15) is 0 Å². The van der Waals surface area contributed by atoms with E-state index in [0.717, 1.165) is 5.56 Å². The van der Waals surface area contributed by atoms with Gasteiger partial charge in [0.15, 0.2) is 5.76 Å². The lowest BCUT2D eigenvalue weighted by molar-refractivity contribution is 0.0924. The number of rotatable bonds is 3. The lowest BCUT2D eigenvalue weighted by Gasteiger charge is -1.92. The highest BCUT2D eigenvalue weighted by Gasteiger charge is 2.12. The molecule has 0 bridgehead atoms. The number of amides is 1. The SMILES string of the molecule is COCc1cc(C(=O)NN)oc1C. The van der Waals surface area contributed by atoms with Crippen LogP contribution in [0.1, 0.15) is 21.9 Å². The first-order valence-corrected chi connectivity index (χ1v) is 3.78. The average Bonchev–Trinajstić information content (AvgIpc) is 2.47. The minimum atomic E-state index is -0.439. The molecule has 13 heavy (non-hydrogen) atoms. The second kappa shape index (κ2) is 4.06. The largest absolute Gasteiger partial charge is 0.456 e. The summed E-state index contributed by atoms with van der Waals surface area (Å²) < 4.78 is 10.1. The minimum Gasteiger partial charge on any atom is -0.456 e. The number of nitrogens with two attached hydrogens (primary N) is 1. The number of carbonyl (C=O) groups excluding carboxylic acids is 1. The smallest absolute Gasteiger partial charge is 0.300 e. The van der Waals surface area contributed by atoms with Crippen LogP contribution in [0.3, 0.4) is 0 Å². The number of methoxy groups -OCH3 is 1. The number of hydrazine groups is 1. The number of aryl methyl sites for hydroxylation is 1. The molecule has 1 aromatic rings. The highest BCUT2D eigenvalue weighted by molar-refractivity contribution is 5.91. The molecule has 0 aromatic carbocycles. The second-order valence-electron chi connectivity index (χ2n) is 2.60. The third-order valence-electron chi connectivity index (χ3n) is 1.68. The van der Waals surface area contributed by atoms with E-state index < -0.39 is 5.91 Å². The Hall–Kier alpha value is -1.33. The number of furan rings is 1. The number of nitrogens with one attached hydrogen (secondary N) is 1. The summed E-state index contributed by atoms with van der Waals surface area (Å²) in [5.74, 6) is 5.38. The summed E-state index contributed by atoms with van der Waals surface area (Å²) in [4.78, 5) is 11.0. The average molecular weight is 184 g/mol. The molecule has 1 aromatic heterocycles. The van der Waals surface area contributed by atoms with Gasteiger partial charge in [0.25, 0.3) is 0 Å². The van der Waals surface area contributed by atoms with Gasteiger partial charge >= 0.3 is 5.91 Å². The molecule has 0 aliphatic rings. The van der Waals surface area contributed by atoms with Crippen LogP contribution in [0.5, 0.6) is 0 Å². The lowest BCUT2D eigenvalue weighted by atomic mass is 10.2. The van der Waals surface area contributed by atoms with Crippen LogP contribution in [-0.2, 0) is 11.3 Å². The van der Waals surface area contributed by atoms with E-state index in [9.17, 15) is 4.79 Å². The van der Waals surface area contributed by atoms with E-state index in [4.69, 9.17) is 15.0 Å². The van der Waals surface area contributed by atoms with Crippen molar-refractivity contribution in [2.24, 2.45) is 5.84 Å². The molecule has 1 rings (SSSR count). The van der Waals surface area contributed by atoms with Crippen molar-refractivity contribution in [3.05, 3.63) is 23.2 Å². The topological polar surface area (TPSA) is 77.5 Å². The zero-order valence-corrected chi connectivity index (χ0v) is 7.59. The quantitative estimate of drug-likeness (QED) is 0.403. The summed E-state index contributed by atoms with van der Waals surface area (Å²) in [5.41, 5.74) is 2.84. The van der Waals surface area contributed by atoms with E-state index in [-0.39, 0.29) is 5.76 Å². The van der Waals surface area contributed by atoms with Gasteiger partial charge in [-0.25, -0.2) is 5.84 Å². The third-order valence-corrected chi connectivity index (χ3v) is 1.68. The Morgan fingerprint density at radius 3 is 3.00 bits per heavy atom. The molecule has 1 heterocycles. The van der Waals surface area contributed by atoms with Crippen molar-refractivity contribution >= 4 is 5.91 Å². The Morgan fingerprint density at radius 1 is 1.77 bits per heavy atom. The lowest BCUT2D eigenvalue weighted by Crippen LogP contribution is -2.29. The van der Waals surface area contributed by atoms with Crippen LogP contribution < -0.4 is 11.3 Å². The number of hydrogen-bond donors (Lipinski definition) is 2. The van der Waals surface area contributed by atoms with Gasteiger partial charge in [-0.15, -0.1) is 0 Å². The monoisotopic (exact) mass is 184 g/mol. The molecule has 0 aliphatic heterocycles. The highest BCUT2D eigenvalue weighted by Crippen LogP contribution is 2.14. The van der Waals surface area contributed by atoms with Gasteiger partial charge in [0, 0.05) is 12.7 Å². The van der Waals surface area contributed by atoms with E-state index in [2.05, 4.69) is 0 Å². The van der Waals surface area contributed by atoms with Crippen LogP contribution in [-0.4, -0.2) is 13.0 Å². The first kappa shape index (κ1) is 9.76. The predicted molar refractivity (Wildman–Crippen MR) is 45.8 cm³/mol. The van der Waals surface area contributed by atoms with Crippen molar-refractivity contribution in [2.75, 3.05) is 7.11 Å². The van der Waals surface area contributed by atoms with Gasteiger partial charge in [-0.05, 0) is 13.0 Å². The van der Waals surface area contributed by atoms with Crippen molar-refractivity contribution in [3.8, 4) is 0 Å². The predicted octanol–water partition coefficient (Wildman–Crippen LogP) is 0.338. The first-order valence-electron chi connectivity index (χ1n) is 3.78. The number of nitrogen functional groups attached to an aromatic ring is 1. The molecule has 0 aliphatic carbocycles. The molecule has 3 N–H and O–H groups in total. The van der Waals surface area contributed by atoms with Crippen LogP contribution >= 0.6 is 0 Å². The van der Waals surface area contributed by atoms with E-state index >= 15 is 0 Å². The maximum Gasteiger partial charge on any atom is 0.300 e. The number of hydrogen-bond acceptors (Lipinski definition) is 4. The van der Waals surface area contributed by atoms with E-state index in [0.29, 0.717) is 12.4 Å². The molecule has 0 saturated heterocycles. The molecule has 72 valence electrons. The number of ether oxygens (including phenoxy) is 1. The third kappa shape index (κ3) is 2.07. The van der Waals surface area contributed by atoms with Gasteiger partial charge in [0.2, 0.25) is 0 Å². The zero-order chi connectivity index (χ0) is 9.84. The van der Waals surface area contributed by atoms with E-state index in [1.165, 1.54) is 0 Å². The van der Waals surface area contributed by atoms with Gasteiger partial charge in [-0.3, -0.25) is 10.2 Å². The fraction of sp³-hybridized carbons (Fsp3) is 0.375. The van der Waals surface area contributed by atoms with Gasteiger partial charge in [0.1, 0.15) is 5.76 Å². The van der Waals surface area contributed by atoms with Crippen LogP contribution in [0.15, 0.2) is 10.5 Å². The maximum absolute atomic E-state index is 11.0. The molecule has 0 saturated carbocycles. The van der Waals surface area contributed by atoms with Crippen LogP contribution in [0.2, 0.25) is 0 Å². The summed E-state index contributed by atoms with van der Waals surface area (Å²) in [7, 11) is 1.58. The fourth-order valence-electron chi connectivity index (χ4n) is 1.00. The Morgan fingerprint density at radius 2 is 2.46 bits per heavy atom. The van der Waals surface area contributed by atoms with Crippen LogP contribution in [0.25, 0.3) is 0 Å². The number of carbonyl (C=O) groups is 1. The molecule has 5 nitrogen and oxygen atoms in total. The Labute approximate surface area is 75.8 Å². The van der Waals surface area contributed by atoms with Crippen molar-refractivity contribution in [1.29, 1.82) is 0 Å². The van der Waals surface area contributed by atoms with Crippen molar-refractivity contribution in [2.45, 2.75) is 13.5 Å². The summed E-state index contributed by atoms with van der Waals surface area (Å²) >= 11 is 0. The van der Waals surface area contributed by atoms with Gasteiger partial charge < -0.3 is 9.15 Å². The standard InChI is InChI=1S/C8H12N2O3/c1-5-6(4-12-2)3-7(13-5)8(11)10-9/h3H,4,9H2,1-2H3,(H,10,11). The normalized spacial score (nSPS) is 10.1. The van der Waals surface area contributed by atoms with Crippen molar-refractivity contribution < 1.29 is 13.9 Å². The molecular formula is C8H12N2O3. The summed E-state index contributed by atoms with van der Waals surface area (Å²) in [6.45, 7) is 2.19. The fourth-order valence-corrected chi connectivity index (χ4v) is 1.00.